The van der Waals surface area contributed by atoms with E-state index in [1.807, 2.05) is 26.0 Å². The lowest BCUT2D eigenvalue weighted by Gasteiger charge is -2.23. The van der Waals surface area contributed by atoms with Gasteiger partial charge in [-0.25, -0.2) is 0 Å². The van der Waals surface area contributed by atoms with E-state index >= 15 is 0 Å². The number of hydrogen-bond acceptors (Lipinski definition) is 5. The molecule has 4 rings (SSSR count). The van der Waals surface area contributed by atoms with Crippen LogP contribution in [0.15, 0.2) is 70.9 Å². The predicted octanol–water partition coefficient (Wildman–Crippen LogP) is 4.53. The minimum absolute atomic E-state index is 0.000493. The van der Waals surface area contributed by atoms with Gasteiger partial charge in [-0.1, -0.05) is 17.7 Å². The number of aliphatic hydroxyl groups is 1. The minimum Gasteiger partial charge on any atom is -0.507 e. The summed E-state index contributed by atoms with van der Waals surface area (Å²) < 4.78 is 10.7. The zero-order valence-corrected chi connectivity index (χ0v) is 16.9. The van der Waals surface area contributed by atoms with Crippen LogP contribution >= 0.6 is 0 Å². The van der Waals surface area contributed by atoms with Crippen molar-refractivity contribution >= 4 is 23.1 Å². The van der Waals surface area contributed by atoms with E-state index in [1.165, 1.54) is 11.2 Å². The molecule has 1 N–H and O–H groups in total. The molecule has 1 aliphatic heterocycles. The molecule has 1 atom stereocenters. The molecule has 6 nitrogen and oxygen atoms in total. The molecule has 1 aliphatic rings. The van der Waals surface area contributed by atoms with Crippen LogP contribution in [-0.4, -0.2) is 23.9 Å². The number of nitrogens with zero attached hydrogens (tertiary/aromatic N) is 1. The SMILES string of the molecule is COc1ccc(N2C(=O)C(=O)/C(=C(\O)c3cc(C)ccc3C)C2c2ccco2)cc1. The van der Waals surface area contributed by atoms with Crippen LogP contribution in [-0.2, 0) is 9.59 Å². The van der Waals surface area contributed by atoms with Crippen LogP contribution < -0.4 is 9.64 Å². The highest BCUT2D eigenvalue weighted by atomic mass is 16.5. The average molecular weight is 403 g/mol. The second kappa shape index (κ2) is 7.55. The van der Waals surface area contributed by atoms with Crippen LogP contribution in [0.5, 0.6) is 5.75 Å². The number of furan rings is 1. The summed E-state index contributed by atoms with van der Waals surface area (Å²) in [5.74, 6) is -0.692. The van der Waals surface area contributed by atoms with Gasteiger partial charge >= 0.3 is 0 Å². The van der Waals surface area contributed by atoms with Crippen molar-refractivity contribution in [3.8, 4) is 5.75 Å². The molecule has 0 spiro atoms. The van der Waals surface area contributed by atoms with Gasteiger partial charge in [0.25, 0.3) is 11.7 Å². The molecule has 2 aromatic carbocycles. The fraction of sp³-hybridized carbons (Fsp3) is 0.167. The van der Waals surface area contributed by atoms with Crippen molar-refractivity contribution < 1.29 is 23.8 Å². The van der Waals surface area contributed by atoms with Crippen LogP contribution in [0.25, 0.3) is 5.76 Å². The summed E-state index contributed by atoms with van der Waals surface area (Å²) in [5, 5.41) is 11.1. The monoisotopic (exact) mass is 403 g/mol. The standard InChI is InChI=1S/C24H21NO5/c1-14-6-7-15(2)18(13-14)22(26)20-21(19-5-4-12-30-19)25(24(28)23(20)27)16-8-10-17(29-3)11-9-16/h4-13,21,26H,1-3H3/b22-20-. The second-order valence-corrected chi connectivity index (χ2v) is 7.20. The Hall–Kier alpha value is -3.80. The van der Waals surface area contributed by atoms with Gasteiger partial charge in [-0.3, -0.25) is 14.5 Å². The molecular weight excluding hydrogens is 382 g/mol. The summed E-state index contributed by atoms with van der Waals surface area (Å²) in [6, 6.07) is 14.9. The average Bonchev–Trinajstić information content (AvgIpc) is 3.37. The number of Topliss-reactive ketones (excluding diaryl/α,β-unsaturated/α-hetero) is 1. The Bertz CT molecular complexity index is 1140. The lowest BCUT2D eigenvalue weighted by molar-refractivity contribution is -0.132. The van der Waals surface area contributed by atoms with E-state index in [-0.39, 0.29) is 11.3 Å². The van der Waals surface area contributed by atoms with Crippen molar-refractivity contribution in [1.82, 2.24) is 0 Å². The van der Waals surface area contributed by atoms with Gasteiger partial charge in [0.1, 0.15) is 23.3 Å². The van der Waals surface area contributed by atoms with Gasteiger partial charge < -0.3 is 14.3 Å². The normalized spacial score (nSPS) is 18.1. The van der Waals surface area contributed by atoms with Crippen LogP contribution in [0.3, 0.4) is 0 Å². The first-order valence-corrected chi connectivity index (χ1v) is 9.48. The van der Waals surface area contributed by atoms with Crippen molar-refractivity contribution in [2.75, 3.05) is 12.0 Å². The van der Waals surface area contributed by atoms with Crippen molar-refractivity contribution in [1.29, 1.82) is 0 Å². The van der Waals surface area contributed by atoms with E-state index in [0.29, 0.717) is 22.8 Å². The Morgan fingerprint density at radius 1 is 1.07 bits per heavy atom. The van der Waals surface area contributed by atoms with E-state index in [1.54, 1.807) is 49.6 Å². The largest absolute Gasteiger partial charge is 0.507 e. The number of ether oxygens (including phenoxy) is 1. The zero-order valence-electron chi connectivity index (χ0n) is 16.9. The summed E-state index contributed by atoms with van der Waals surface area (Å²) in [7, 11) is 1.55. The number of anilines is 1. The maximum atomic E-state index is 13.1. The molecule has 1 amide bonds. The van der Waals surface area contributed by atoms with Gasteiger partial charge in [0.2, 0.25) is 0 Å². The number of carbonyl (C=O) groups is 2. The Labute approximate surface area is 174 Å². The van der Waals surface area contributed by atoms with Crippen molar-refractivity contribution in [3.63, 3.8) is 0 Å². The quantitative estimate of drug-likeness (QED) is 0.393. The maximum Gasteiger partial charge on any atom is 0.300 e. The summed E-state index contributed by atoms with van der Waals surface area (Å²) in [4.78, 5) is 27.4. The first-order valence-electron chi connectivity index (χ1n) is 9.48. The van der Waals surface area contributed by atoms with E-state index in [0.717, 1.165) is 11.1 Å². The molecule has 0 saturated carbocycles. The summed E-state index contributed by atoms with van der Waals surface area (Å²) in [6.45, 7) is 3.74. The van der Waals surface area contributed by atoms with Crippen LogP contribution in [0.4, 0.5) is 5.69 Å². The van der Waals surface area contributed by atoms with Gasteiger partial charge in [0, 0.05) is 11.3 Å². The smallest absolute Gasteiger partial charge is 0.300 e. The number of rotatable bonds is 4. The van der Waals surface area contributed by atoms with Crippen molar-refractivity contribution in [2.45, 2.75) is 19.9 Å². The molecule has 6 heteroatoms. The van der Waals surface area contributed by atoms with Gasteiger partial charge in [0.15, 0.2) is 0 Å². The number of carbonyl (C=O) groups excluding carboxylic acids is 2. The van der Waals surface area contributed by atoms with Gasteiger partial charge in [-0.15, -0.1) is 0 Å². The number of aliphatic hydroxyl groups excluding tert-OH is 1. The van der Waals surface area contributed by atoms with Crippen LogP contribution in [0.2, 0.25) is 0 Å². The Balaban J connectivity index is 1.92. The molecule has 30 heavy (non-hydrogen) atoms. The first-order chi connectivity index (χ1) is 14.4. The molecule has 3 aromatic rings. The molecule has 1 fully saturated rings. The number of methoxy groups -OCH3 is 1. The van der Waals surface area contributed by atoms with E-state index < -0.39 is 17.7 Å². The third-order valence-corrected chi connectivity index (χ3v) is 5.26. The number of hydrogen-bond donors (Lipinski definition) is 1. The highest BCUT2D eigenvalue weighted by Crippen LogP contribution is 2.42. The molecule has 1 aromatic heterocycles. The fourth-order valence-corrected chi connectivity index (χ4v) is 3.69. The topological polar surface area (TPSA) is 80.0 Å². The third kappa shape index (κ3) is 3.16. The summed E-state index contributed by atoms with van der Waals surface area (Å²) >= 11 is 0. The molecule has 0 aliphatic carbocycles. The number of benzene rings is 2. The Morgan fingerprint density at radius 3 is 2.43 bits per heavy atom. The fourth-order valence-electron chi connectivity index (χ4n) is 3.69. The second-order valence-electron chi connectivity index (χ2n) is 7.20. The zero-order chi connectivity index (χ0) is 21.4. The van der Waals surface area contributed by atoms with E-state index in [9.17, 15) is 14.7 Å². The Kier molecular flexibility index (Phi) is 4.91. The van der Waals surface area contributed by atoms with Gasteiger partial charge in [0.05, 0.1) is 18.9 Å². The highest BCUT2D eigenvalue weighted by molar-refractivity contribution is 6.51. The molecule has 1 unspecified atom stereocenters. The molecular formula is C24H21NO5. The molecule has 152 valence electrons. The number of ketones is 1. The first kappa shape index (κ1) is 19.5. The van der Waals surface area contributed by atoms with Crippen molar-refractivity contribution in [3.05, 3.63) is 88.9 Å². The maximum absolute atomic E-state index is 13.1. The molecule has 1 saturated heterocycles. The molecule has 2 heterocycles. The highest BCUT2D eigenvalue weighted by Gasteiger charge is 2.48. The Morgan fingerprint density at radius 2 is 1.80 bits per heavy atom. The van der Waals surface area contributed by atoms with Crippen LogP contribution in [0, 0.1) is 13.8 Å². The summed E-state index contributed by atoms with van der Waals surface area (Å²) in [6.07, 6.45) is 1.47. The number of amides is 1. The van der Waals surface area contributed by atoms with Crippen LogP contribution in [0.1, 0.15) is 28.5 Å². The molecule has 0 radical (unpaired) electrons. The number of aryl methyl sites for hydroxylation is 2. The third-order valence-electron chi connectivity index (χ3n) is 5.26. The van der Waals surface area contributed by atoms with E-state index in [2.05, 4.69) is 0 Å². The molecule has 0 bridgehead atoms. The summed E-state index contributed by atoms with van der Waals surface area (Å²) in [5.41, 5.74) is 2.74. The lowest BCUT2D eigenvalue weighted by atomic mass is 9.96. The predicted molar refractivity (Wildman–Crippen MR) is 112 cm³/mol. The van der Waals surface area contributed by atoms with Gasteiger partial charge in [-0.2, -0.15) is 0 Å². The van der Waals surface area contributed by atoms with Gasteiger partial charge in [-0.05, 0) is 61.9 Å². The lowest BCUT2D eigenvalue weighted by Crippen LogP contribution is -2.29. The van der Waals surface area contributed by atoms with Crippen molar-refractivity contribution in [2.24, 2.45) is 0 Å². The minimum atomic E-state index is -0.881. The van der Waals surface area contributed by atoms with E-state index in [4.69, 9.17) is 9.15 Å².